The van der Waals surface area contributed by atoms with Crippen LogP contribution in [-0.2, 0) is 0 Å². The minimum atomic E-state index is -0.422. The van der Waals surface area contributed by atoms with E-state index in [2.05, 4.69) is 21.2 Å². The molecule has 5 heteroatoms. The van der Waals surface area contributed by atoms with Crippen molar-refractivity contribution in [1.29, 1.82) is 0 Å². The van der Waals surface area contributed by atoms with Gasteiger partial charge in [0.2, 0.25) is 0 Å². The lowest BCUT2D eigenvalue weighted by Gasteiger charge is -2.17. The highest BCUT2D eigenvalue weighted by atomic mass is 79.9. The Kier molecular flexibility index (Phi) is 4.73. The van der Waals surface area contributed by atoms with Gasteiger partial charge in [-0.2, -0.15) is 0 Å². The van der Waals surface area contributed by atoms with Crippen LogP contribution in [0.15, 0.2) is 40.9 Å². The molecule has 0 fully saturated rings. The molecule has 2 rings (SSSR count). The minimum Gasteiger partial charge on any atom is -0.457 e. The zero-order valence-corrected chi connectivity index (χ0v) is 12.7. The molecule has 0 amide bonds. The largest absolute Gasteiger partial charge is 0.457 e. The lowest BCUT2D eigenvalue weighted by atomic mass is 10.1. The van der Waals surface area contributed by atoms with E-state index in [-0.39, 0.29) is 11.9 Å². The van der Waals surface area contributed by atoms with E-state index in [9.17, 15) is 8.78 Å². The van der Waals surface area contributed by atoms with E-state index in [1.54, 1.807) is 25.2 Å². The van der Waals surface area contributed by atoms with Crippen molar-refractivity contribution in [3.8, 4) is 11.5 Å². The Bertz CT molecular complexity index is 599. The van der Waals surface area contributed by atoms with Crippen LogP contribution in [0.1, 0.15) is 18.5 Å². The summed E-state index contributed by atoms with van der Waals surface area (Å²) in [7, 11) is 1.74. The molecule has 0 saturated carbocycles. The summed E-state index contributed by atoms with van der Waals surface area (Å²) in [6.45, 7) is 1.83. The molecule has 0 aliphatic rings. The van der Waals surface area contributed by atoms with Crippen molar-refractivity contribution in [2.24, 2.45) is 0 Å². The summed E-state index contributed by atoms with van der Waals surface area (Å²) >= 11 is 3.20. The Labute approximate surface area is 124 Å². The molecule has 0 spiro atoms. The van der Waals surface area contributed by atoms with Gasteiger partial charge in [0.25, 0.3) is 0 Å². The highest BCUT2D eigenvalue weighted by Gasteiger charge is 2.16. The van der Waals surface area contributed by atoms with Gasteiger partial charge in [-0.15, -0.1) is 0 Å². The monoisotopic (exact) mass is 341 g/mol. The zero-order chi connectivity index (χ0) is 14.7. The van der Waals surface area contributed by atoms with Crippen LogP contribution in [0.3, 0.4) is 0 Å². The maximum Gasteiger partial charge on any atom is 0.135 e. The minimum absolute atomic E-state index is 0.219. The Morgan fingerprint density at radius 2 is 1.95 bits per heavy atom. The van der Waals surface area contributed by atoms with E-state index >= 15 is 0 Å². The van der Waals surface area contributed by atoms with Crippen LogP contribution in [0, 0.1) is 11.6 Å². The molecule has 0 aromatic heterocycles. The van der Waals surface area contributed by atoms with Crippen LogP contribution < -0.4 is 10.1 Å². The quantitative estimate of drug-likeness (QED) is 0.862. The van der Waals surface area contributed by atoms with Crippen LogP contribution >= 0.6 is 15.9 Å². The molecule has 1 atom stereocenters. The van der Waals surface area contributed by atoms with Crippen molar-refractivity contribution in [3.63, 3.8) is 0 Å². The molecule has 1 unspecified atom stereocenters. The third-order valence-electron chi connectivity index (χ3n) is 2.94. The van der Waals surface area contributed by atoms with E-state index in [1.165, 1.54) is 18.2 Å². The Hall–Kier alpha value is -1.46. The lowest BCUT2D eigenvalue weighted by molar-refractivity contribution is 0.448. The summed E-state index contributed by atoms with van der Waals surface area (Å²) in [6, 6.07) is 8.58. The number of halogens is 3. The predicted molar refractivity (Wildman–Crippen MR) is 78.0 cm³/mol. The van der Waals surface area contributed by atoms with Crippen molar-refractivity contribution < 1.29 is 13.5 Å². The van der Waals surface area contributed by atoms with Gasteiger partial charge in [-0.25, -0.2) is 8.78 Å². The third-order valence-corrected chi connectivity index (χ3v) is 3.40. The Morgan fingerprint density at radius 1 is 1.20 bits per heavy atom. The summed E-state index contributed by atoms with van der Waals surface area (Å²) in [5.41, 5.74) is 0.412. The Balaban J connectivity index is 2.40. The van der Waals surface area contributed by atoms with Crippen LogP contribution in [0.4, 0.5) is 8.78 Å². The van der Waals surface area contributed by atoms with Crippen LogP contribution in [0.2, 0.25) is 0 Å². The average Bonchev–Trinajstić information content (AvgIpc) is 2.37. The molecule has 0 heterocycles. The summed E-state index contributed by atoms with van der Waals surface area (Å²) in [6.07, 6.45) is 0. The number of rotatable bonds is 4. The topological polar surface area (TPSA) is 21.3 Å². The van der Waals surface area contributed by atoms with Crippen LogP contribution in [0.25, 0.3) is 0 Å². The molecule has 1 N–H and O–H groups in total. The highest BCUT2D eigenvalue weighted by Crippen LogP contribution is 2.32. The molecule has 20 heavy (non-hydrogen) atoms. The van der Waals surface area contributed by atoms with Crippen LogP contribution in [-0.4, -0.2) is 7.05 Å². The number of nitrogens with one attached hydrogen (secondary N) is 1. The number of ether oxygens (including phenoxy) is 1. The molecule has 0 aliphatic carbocycles. The smallest absolute Gasteiger partial charge is 0.135 e. The summed E-state index contributed by atoms with van der Waals surface area (Å²) < 4.78 is 33.5. The standard InChI is InChI=1S/C15H14BrF2NO/c1-9(19-2)15-13(18)4-3-5-14(15)20-12-7-10(16)6-11(17)8-12/h3-9,19H,1-2H3. The molecular weight excluding hydrogens is 328 g/mol. The average molecular weight is 342 g/mol. The normalized spacial score (nSPS) is 12.2. The van der Waals surface area contributed by atoms with Gasteiger partial charge in [0, 0.05) is 22.1 Å². The third kappa shape index (κ3) is 3.35. The van der Waals surface area contributed by atoms with E-state index in [4.69, 9.17) is 4.74 Å². The van der Waals surface area contributed by atoms with E-state index < -0.39 is 5.82 Å². The second-order valence-electron chi connectivity index (χ2n) is 4.37. The van der Waals surface area contributed by atoms with Crippen molar-refractivity contribution in [2.45, 2.75) is 13.0 Å². The van der Waals surface area contributed by atoms with Gasteiger partial charge in [0.15, 0.2) is 0 Å². The first kappa shape index (κ1) is 14.9. The molecule has 0 bridgehead atoms. The number of benzene rings is 2. The first-order chi connectivity index (χ1) is 9.51. The van der Waals surface area contributed by atoms with Crippen molar-refractivity contribution >= 4 is 15.9 Å². The van der Waals surface area contributed by atoms with Gasteiger partial charge in [-0.1, -0.05) is 22.0 Å². The lowest BCUT2D eigenvalue weighted by Crippen LogP contribution is -2.14. The van der Waals surface area contributed by atoms with Gasteiger partial charge in [0.1, 0.15) is 23.1 Å². The molecule has 2 nitrogen and oxygen atoms in total. The van der Waals surface area contributed by atoms with Gasteiger partial charge >= 0.3 is 0 Å². The van der Waals surface area contributed by atoms with Gasteiger partial charge in [0.05, 0.1) is 0 Å². The number of hydrogen-bond donors (Lipinski definition) is 1. The van der Waals surface area contributed by atoms with Crippen molar-refractivity contribution in [3.05, 3.63) is 58.1 Å². The zero-order valence-electron chi connectivity index (χ0n) is 11.1. The predicted octanol–water partition coefficient (Wildman–Crippen LogP) is 4.80. The Morgan fingerprint density at radius 3 is 2.60 bits per heavy atom. The van der Waals surface area contributed by atoms with E-state index in [0.717, 1.165) is 0 Å². The fourth-order valence-corrected chi connectivity index (χ4v) is 2.33. The first-order valence-electron chi connectivity index (χ1n) is 6.11. The second-order valence-corrected chi connectivity index (χ2v) is 5.28. The summed E-state index contributed by atoms with van der Waals surface area (Å²) in [5, 5.41) is 2.97. The molecule has 0 aliphatic heterocycles. The fraction of sp³-hybridized carbons (Fsp3) is 0.200. The molecule has 0 radical (unpaired) electrons. The highest BCUT2D eigenvalue weighted by molar-refractivity contribution is 9.10. The fourth-order valence-electron chi connectivity index (χ4n) is 1.89. The first-order valence-corrected chi connectivity index (χ1v) is 6.90. The van der Waals surface area contributed by atoms with Gasteiger partial charge in [-0.05, 0) is 38.2 Å². The maximum atomic E-state index is 13.9. The number of hydrogen-bond acceptors (Lipinski definition) is 2. The van der Waals surface area contributed by atoms with Crippen molar-refractivity contribution in [1.82, 2.24) is 5.32 Å². The summed E-state index contributed by atoms with van der Waals surface area (Å²) in [4.78, 5) is 0. The molecule has 2 aromatic rings. The SMILES string of the molecule is CNC(C)c1c(F)cccc1Oc1cc(F)cc(Br)c1. The van der Waals surface area contributed by atoms with Gasteiger partial charge in [-0.3, -0.25) is 0 Å². The summed E-state index contributed by atoms with van der Waals surface area (Å²) in [5.74, 6) is -0.106. The maximum absolute atomic E-state index is 13.9. The van der Waals surface area contributed by atoms with Gasteiger partial charge < -0.3 is 10.1 Å². The second kappa shape index (κ2) is 6.33. The van der Waals surface area contributed by atoms with E-state index in [0.29, 0.717) is 21.5 Å². The molecule has 0 saturated heterocycles. The van der Waals surface area contributed by atoms with E-state index in [1.807, 2.05) is 6.92 Å². The molecule has 106 valence electrons. The van der Waals surface area contributed by atoms with Crippen LogP contribution in [0.5, 0.6) is 11.5 Å². The molecular formula is C15H14BrF2NO. The van der Waals surface area contributed by atoms with Crippen molar-refractivity contribution in [2.75, 3.05) is 7.05 Å². The molecule has 2 aromatic carbocycles.